The van der Waals surface area contributed by atoms with E-state index in [1.54, 1.807) is 7.11 Å². The van der Waals surface area contributed by atoms with Gasteiger partial charge in [0, 0.05) is 12.6 Å². The molecule has 2 rings (SSSR count). The van der Waals surface area contributed by atoms with Crippen molar-refractivity contribution < 1.29 is 14.6 Å². The third-order valence-corrected chi connectivity index (χ3v) is 4.05. The van der Waals surface area contributed by atoms with Gasteiger partial charge in [-0.15, -0.1) is 0 Å². The minimum absolute atomic E-state index is 0.119. The van der Waals surface area contributed by atoms with Gasteiger partial charge in [0.05, 0.1) is 13.7 Å². The van der Waals surface area contributed by atoms with E-state index in [0.717, 1.165) is 29.0 Å². The summed E-state index contributed by atoms with van der Waals surface area (Å²) in [6.45, 7) is 5.46. The van der Waals surface area contributed by atoms with E-state index in [2.05, 4.69) is 43.4 Å². The SMILES string of the molecule is CC[C@@H](CO)NCc1ccc(OCc2ccc(C)cc2)c(OC)c1. The molecule has 0 heterocycles. The van der Waals surface area contributed by atoms with Crippen LogP contribution in [0.5, 0.6) is 11.5 Å². The Hall–Kier alpha value is -2.04. The van der Waals surface area contributed by atoms with Crippen molar-refractivity contribution >= 4 is 0 Å². The molecule has 4 nitrogen and oxygen atoms in total. The van der Waals surface area contributed by atoms with Crippen LogP contribution < -0.4 is 14.8 Å². The molecule has 1 atom stereocenters. The Bertz CT molecular complexity index is 621. The molecule has 0 aromatic heterocycles. The summed E-state index contributed by atoms with van der Waals surface area (Å²) in [4.78, 5) is 0. The Morgan fingerprint density at radius 3 is 2.38 bits per heavy atom. The molecule has 0 saturated heterocycles. The molecular weight excluding hydrogens is 302 g/mol. The molecule has 2 aromatic carbocycles. The summed E-state index contributed by atoms with van der Waals surface area (Å²) in [5.41, 5.74) is 3.46. The van der Waals surface area contributed by atoms with Crippen molar-refractivity contribution in [3.63, 3.8) is 0 Å². The highest BCUT2D eigenvalue weighted by atomic mass is 16.5. The van der Waals surface area contributed by atoms with E-state index in [0.29, 0.717) is 13.2 Å². The van der Waals surface area contributed by atoms with Crippen LogP contribution in [0.15, 0.2) is 42.5 Å². The zero-order chi connectivity index (χ0) is 17.4. The van der Waals surface area contributed by atoms with E-state index in [9.17, 15) is 5.11 Å². The van der Waals surface area contributed by atoms with E-state index in [4.69, 9.17) is 9.47 Å². The average molecular weight is 329 g/mol. The van der Waals surface area contributed by atoms with E-state index in [1.807, 2.05) is 18.2 Å². The normalized spacial score (nSPS) is 12.0. The lowest BCUT2D eigenvalue weighted by molar-refractivity contribution is 0.238. The van der Waals surface area contributed by atoms with Gasteiger partial charge >= 0.3 is 0 Å². The Morgan fingerprint density at radius 1 is 1.04 bits per heavy atom. The molecule has 0 amide bonds. The Balaban J connectivity index is 1.99. The zero-order valence-corrected chi connectivity index (χ0v) is 14.7. The Labute approximate surface area is 144 Å². The van der Waals surface area contributed by atoms with Crippen molar-refractivity contribution in [2.24, 2.45) is 0 Å². The lowest BCUT2D eigenvalue weighted by atomic mass is 10.1. The highest BCUT2D eigenvalue weighted by Gasteiger charge is 2.08. The maximum Gasteiger partial charge on any atom is 0.161 e. The first kappa shape index (κ1) is 18.3. The van der Waals surface area contributed by atoms with Gasteiger partial charge in [-0.05, 0) is 36.6 Å². The van der Waals surface area contributed by atoms with Crippen molar-refractivity contribution in [2.75, 3.05) is 13.7 Å². The standard InChI is InChI=1S/C20H27NO3/c1-4-18(13-22)21-12-17-9-10-19(20(11-17)23-3)24-14-16-7-5-15(2)6-8-16/h5-11,18,21-22H,4,12-14H2,1-3H3/t18-/m0/s1. The van der Waals surface area contributed by atoms with Crippen molar-refractivity contribution in [2.45, 2.75) is 39.5 Å². The number of ether oxygens (including phenoxy) is 2. The molecule has 4 heteroatoms. The molecule has 0 radical (unpaired) electrons. The van der Waals surface area contributed by atoms with Crippen LogP contribution in [0.2, 0.25) is 0 Å². The fourth-order valence-corrected chi connectivity index (χ4v) is 2.39. The Kier molecular flexibility index (Phi) is 7.09. The summed E-state index contributed by atoms with van der Waals surface area (Å²) >= 11 is 0. The highest BCUT2D eigenvalue weighted by molar-refractivity contribution is 5.43. The summed E-state index contributed by atoms with van der Waals surface area (Å²) in [5.74, 6) is 1.45. The molecule has 2 aromatic rings. The molecule has 130 valence electrons. The van der Waals surface area contributed by atoms with E-state index < -0.39 is 0 Å². The minimum atomic E-state index is 0.119. The number of hydrogen-bond donors (Lipinski definition) is 2. The lowest BCUT2D eigenvalue weighted by Crippen LogP contribution is -2.31. The second kappa shape index (κ2) is 9.30. The molecule has 0 bridgehead atoms. The molecule has 0 aliphatic rings. The van der Waals surface area contributed by atoms with Gasteiger partial charge in [-0.25, -0.2) is 0 Å². The molecule has 0 aliphatic heterocycles. The van der Waals surface area contributed by atoms with Crippen LogP contribution in [-0.2, 0) is 13.2 Å². The maximum atomic E-state index is 9.24. The first-order valence-electron chi connectivity index (χ1n) is 8.35. The number of nitrogens with one attached hydrogen (secondary N) is 1. The van der Waals surface area contributed by atoms with Gasteiger partial charge in [-0.1, -0.05) is 42.8 Å². The highest BCUT2D eigenvalue weighted by Crippen LogP contribution is 2.29. The number of methoxy groups -OCH3 is 1. The first-order valence-corrected chi connectivity index (χ1v) is 8.35. The monoisotopic (exact) mass is 329 g/mol. The van der Waals surface area contributed by atoms with Crippen LogP contribution in [0.3, 0.4) is 0 Å². The fraction of sp³-hybridized carbons (Fsp3) is 0.400. The summed E-state index contributed by atoms with van der Waals surface area (Å²) < 4.78 is 11.3. The number of hydrogen-bond acceptors (Lipinski definition) is 4. The predicted octanol–water partition coefficient (Wildman–Crippen LogP) is 3.44. The zero-order valence-electron chi connectivity index (χ0n) is 14.7. The molecule has 0 saturated carbocycles. The van der Waals surface area contributed by atoms with Gasteiger partial charge in [0.1, 0.15) is 6.61 Å². The van der Waals surface area contributed by atoms with Crippen molar-refractivity contribution in [3.05, 3.63) is 59.2 Å². The number of rotatable bonds is 9. The summed E-state index contributed by atoms with van der Waals surface area (Å²) in [6.07, 6.45) is 0.894. The van der Waals surface area contributed by atoms with Crippen molar-refractivity contribution in [1.82, 2.24) is 5.32 Å². The van der Waals surface area contributed by atoms with Crippen LogP contribution in [0.1, 0.15) is 30.0 Å². The molecule has 24 heavy (non-hydrogen) atoms. The van der Waals surface area contributed by atoms with Crippen LogP contribution in [0.25, 0.3) is 0 Å². The quantitative estimate of drug-likeness (QED) is 0.740. The summed E-state index contributed by atoms with van der Waals surface area (Å²) in [5, 5.41) is 12.6. The summed E-state index contributed by atoms with van der Waals surface area (Å²) in [6, 6.07) is 14.3. The molecular formula is C20H27NO3. The summed E-state index contributed by atoms with van der Waals surface area (Å²) in [7, 11) is 1.65. The van der Waals surface area contributed by atoms with Gasteiger partial charge < -0.3 is 19.9 Å². The molecule has 0 fully saturated rings. The largest absolute Gasteiger partial charge is 0.493 e. The topological polar surface area (TPSA) is 50.7 Å². The minimum Gasteiger partial charge on any atom is -0.493 e. The molecule has 0 aliphatic carbocycles. The number of benzene rings is 2. The van der Waals surface area contributed by atoms with Crippen LogP contribution in [0.4, 0.5) is 0 Å². The van der Waals surface area contributed by atoms with E-state index >= 15 is 0 Å². The van der Waals surface area contributed by atoms with Crippen LogP contribution >= 0.6 is 0 Å². The van der Waals surface area contributed by atoms with Gasteiger partial charge in [0.15, 0.2) is 11.5 Å². The number of aliphatic hydroxyl groups is 1. The Morgan fingerprint density at radius 2 is 1.75 bits per heavy atom. The number of aryl methyl sites for hydroxylation is 1. The van der Waals surface area contributed by atoms with Crippen molar-refractivity contribution in [3.8, 4) is 11.5 Å². The van der Waals surface area contributed by atoms with E-state index in [1.165, 1.54) is 5.56 Å². The first-order chi connectivity index (χ1) is 11.7. The van der Waals surface area contributed by atoms with E-state index in [-0.39, 0.29) is 12.6 Å². The lowest BCUT2D eigenvalue weighted by Gasteiger charge is -2.16. The van der Waals surface area contributed by atoms with Crippen molar-refractivity contribution in [1.29, 1.82) is 0 Å². The van der Waals surface area contributed by atoms with Gasteiger partial charge in [-0.3, -0.25) is 0 Å². The number of aliphatic hydroxyl groups excluding tert-OH is 1. The fourth-order valence-electron chi connectivity index (χ4n) is 2.39. The average Bonchev–Trinajstić information content (AvgIpc) is 2.62. The third kappa shape index (κ3) is 5.25. The molecule has 0 unspecified atom stereocenters. The third-order valence-electron chi connectivity index (χ3n) is 4.05. The van der Waals surface area contributed by atoms with Gasteiger partial charge in [0.25, 0.3) is 0 Å². The molecule has 2 N–H and O–H groups in total. The van der Waals surface area contributed by atoms with Crippen LogP contribution in [0, 0.1) is 6.92 Å². The smallest absolute Gasteiger partial charge is 0.161 e. The van der Waals surface area contributed by atoms with Gasteiger partial charge in [0.2, 0.25) is 0 Å². The molecule has 0 spiro atoms. The maximum absolute atomic E-state index is 9.24. The van der Waals surface area contributed by atoms with Crippen LogP contribution in [-0.4, -0.2) is 24.9 Å². The predicted molar refractivity (Wildman–Crippen MR) is 96.5 cm³/mol. The second-order valence-electron chi connectivity index (χ2n) is 5.93. The second-order valence-corrected chi connectivity index (χ2v) is 5.93. The van der Waals surface area contributed by atoms with Gasteiger partial charge in [-0.2, -0.15) is 0 Å².